The van der Waals surface area contributed by atoms with E-state index in [-0.39, 0.29) is 0 Å². The summed E-state index contributed by atoms with van der Waals surface area (Å²) in [5.41, 5.74) is -0.632. The number of aliphatic hydroxyl groups is 1. The van der Waals surface area contributed by atoms with Crippen molar-refractivity contribution in [3.8, 4) is 0 Å². The zero-order chi connectivity index (χ0) is 9.61. The second kappa shape index (κ2) is 5.66. The molecule has 0 amide bonds. The number of aliphatic hydroxyl groups excluding tert-OH is 1. The van der Waals surface area contributed by atoms with Crippen LogP contribution < -0.4 is 0 Å². The van der Waals surface area contributed by atoms with Crippen LogP contribution in [0.15, 0.2) is 0 Å². The third-order valence-electron chi connectivity index (χ3n) is 1.71. The summed E-state index contributed by atoms with van der Waals surface area (Å²) in [5, 5.41) is 9.59. The van der Waals surface area contributed by atoms with Gasteiger partial charge in [0.2, 0.25) is 0 Å². The number of hydrogen-bond acceptors (Lipinski definition) is 4. The molecule has 1 unspecified atom stereocenters. The molecule has 0 fully saturated rings. The van der Waals surface area contributed by atoms with E-state index in [9.17, 15) is 5.11 Å². The molecule has 0 aliphatic heterocycles. The molecule has 0 rings (SSSR count). The molecule has 0 bridgehead atoms. The lowest BCUT2D eigenvalue weighted by molar-refractivity contribution is 0.0445. The molecule has 0 aromatic rings. The van der Waals surface area contributed by atoms with E-state index < -0.39 is 14.5 Å². The number of hydrogen-bond donors (Lipinski definition) is 1. The lowest BCUT2D eigenvalue weighted by Gasteiger charge is -2.29. The molecule has 0 aliphatic rings. The Kier molecular flexibility index (Phi) is 5.69. The molecule has 74 valence electrons. The quantitative estimate of drug-likeness (QED) is 0.628. The molecule has 0 heterocycles. The van der Waals surface area contributed by atoms with Gasteiger partial charge in [-0.2, -0.15) is 0 Å². The monoisotopic (exact) mass is 194 g/mol. The van der Waals surface area contributed by atoms with Crippen LogP contribution in [0.25, 0.3) is 0 Å². The Morgan fingerprint density at radius 3 is 2.00 bits per heavy atom. The minimum absolute atomic E-state index is 0.491. The summed E-state index contributed by atoms with van der Waals surface area (Å²) in [7, 11) is 0.217. The van der Waals surface area contributed by atoms with Gasteiger partial charge in [0, 0.05) is 20.8 Å². The first kappa shape index (κ1) is 12.1. The normalized spacial score (nSPS) is 14.8. The van der Waals surface area contributed by atoms with Crippen molar-refractivity contribution in [1.29, 1.82) is 0 Å². The van der Waals surface area contributed by atoms with Crippen LogP contribution in [-0.2, 0) is 13.3 Å². The lowest BCUT2D eigenvalue weighted by Crippen LogP contribution is -2.54. The van der Waals surface area contributed by atoms with E-state index >= 15 is 0 Å². The summed E-state index contributed by atoms with van der Waals surface area (Å²) in [4.78, 5) is 0. The van der Waals surface area contributed by atoms with Gasteiger partial charge in [0.1, 0.15) is 5.73 Å². The van der Waals surface area contributed by atoms with Gasteiger partial charge in [-0.25, -0.2) is 0 Å². The molecular weight excluding hydrogens is 176 g/mol. The SMILES string of the molecule is CCO[Si](OC)(OC)C(O)CC. The summed E-state index contributed by atoms with van der Waals surface area (Å²) in [6.07, 6.45) is 0.577. The Bertz CT molecular complexity index is 116. The predicted octanol–water partition coefficient (Wildman–Crippen LogP) is 0.565. The summed E-state index contributed by atoms with van der Waals surface area (Å²) in [6, 6.07) is 0. The van der Waals surface area contributed by atoms with E-state index in [2.05, 4.69) is 0 Å². The van der Waals surface area contributed by atoms with Crippen LogP contribution >= 0.6 is 0 Å². The van der Waals surface area contributed by atoms with Gasteiger partial charge in [-0.3, -0.25) is 0 Å². The fraction of sp³-hybridized carbons (Fsp3) is 1.00. The second-order valence-electron chi connectivity index (χ2n) is 2.37. The Labute approximate surface area is 74.8 Å². The van der Waals surface area contributed by atoms with Crippen LogP contribution in [0.5, 0.6) is 0 Å². The standard InChI is InChI=1S/C7H18O4Si/c1-5-7(8)12(9-3,10-4)11-6-2/h7-8H,5-6H2,1-4H3. The van der Waals surface area contributed by atoms with Crippen molar-refractivity contribution >= 4 is 8.80 Å². The van der Waals surface area contributed by atoms with Crippen molar-refractivity contribution in [3.63, 3.8) is 0 Å². The van der Waals surface area contributed by atoms with Gasteiger partial charge >= 0.3 is 8.80 Å². The summed E-state index contributed by atoms with van der Waals surface area (Å²) in [5.74, 6) is 0. The average molecular weight is 194 g/mol. The van der Waals surface area contributed by atoms with Crippen molar-refractivity contribution in [1.82, 2.24) is 0 Å². The fourth-order valence-corrected chi connectivity index (χ4v) is 3.06. The largest absolute Gasteiger partial charge is 0.530 e. The highest BCUT2D eigenvalue weighted by molar-refractivity contribution is 6.62. The predicted molar refractivity (Wildman–Crippen MR) is 47.7 cm³/mol. The van der Waals surface area contributed by atoms with Crippen molar-refractivity contribution in [2.24, 2.45) is 0 Å². The highest BCUT2D eigenvalue weighted by Crippen LogP contribution is 2.14. The molecule has 5 heteroatoms. The molecule has 1 N–H and O–H groups in total. The van der Waals surface area contributed by atoms with Crippen molar-refractivity contribution < 1.29 is 18.4 Å². The van der Waals surface area contributed by atoms with E-state index in [1.165, 1.54) is 14.2 Å². The topological polar surface area (TPSA) is 47.9 Å². The molecule has 1 atom stereocenters. The summed E-state index contributed by atoms with van der Waals surface area (Å²) in [6.45, 7) is 4.20. The molecule has 12 heavy (non-hydrogen) atoms. The molecule has 0 aromatic carbocycles. The Hall–Kier alpha value is 0.0569. The Morgan fingerprint density at radius 2 is 1.75 bits per heavy atom. The maximum absolute atomic E-state index is 9.59. The Balaban J connectivity index is 4.33. The van der Waals surface area contributed by atoms with Gasteiger partial charge < -0.3 is 18.4 Å². The molecule has 0 spiro atoms. The highest BCUT2D eigenvalue weighted by atomic mass is 28.4. The van der Waals surface area contributed by atoms with Gasteiger partial charge in [-0.1, -0.05) is 6.92 Å². The van der Waals surface area contributed by atoms with E-state index in [1.807, 2.05) is 13.8 Å². The minimum Gasteiger partial charge on any atom is -0.389 e. The van der Waals surface area contributed by atoms with Gasteiger partial charge in [-0.15, -0.1) is 0 Å². The van der Waals surface area contributed by atoms with E-state index in [0.29, 0.717) is 13.0 Å². The van der Waals surface area contributed by atoms with Gasteiger partial charge in [0.25, 0.3) is 0 Å². The first-order valence-corrected chi connectivity index (χ1v) is 5.89. The van der Waals surface area contributed by atoms with Crippen molar-refractivity contribution in [3.05, 3.63) is 0 Å². The fourth-order valence-electron chi connectivity index (χ4n) is 1.02. The molecule has 0 saturated carbocycles. The van der Waals surface area contributed by atoms with Gasteiger partial charge in [-0.05, 0) is 13.3 Å². The van der Waals surface area contributed by atoms with Crippen LogP contribution in [0.1, 0.15) is 20.3 Å². The van der Waals surface area contributed by atoms with Crippen LogP contribution in [-0.4, -0.2) is 40.5 Å². The maximum atomic E-state index is 9.59. The molecule has 0 aliphatic carbocycles. The Morgan fingerprint density at radius 1 is 1.25 bits per heavy atom. The highest BCUT2D eigenvalue weighted by Gasteiger charge is 2.46. The molecule has 0 radical (unpaired) electrons. The lowest BCUT2D eigenvalue weighted by atomic mass is 10.5. The third-order valence-corrected chi connectivity index (χ3v) is 4.76. The van der Waals surface area contributed by atoms with Crippen LogP contribution in [0.4, 0.5) is 0 Å². The first-order valence-electron chi connectivity index (χ1n) is 4.09. The molecule has 4 nitrogen and oxygen atoms in total. The van der Waals surface area contributed by atoms with Gasteiger partial charge in [0.15, 0.2) is 0 Å². The van der Waals surface area contributed by atoms with Crippen LogP contribution in [0.2, 0.25) is 0 Å². The average Bonchev–Trinajstić information content (AvgIpc) is 2.13. The van der Waals surface area contributed by atoms with E-state index in [4.69, 9.17) is 13.3 Å². The maximum Gasteiger partial charge on any atom is 0.530 e. The zero-order valence-electron chi connectivity index (χ0n) is 8.16. The van der Waals surface area contributed by atoms with Crippen LogP contribution in [0, 0.1) is 0 Å². The number of rotatable bonds is 6. The van der Waals surface area contributed by atoms with Crippen molar-refractivity contribution in [2.45, 2.75) is 26.0 Å². The van der Waals surface area contributed by atoms with E-state index in [1.54, 1.807) is 0 Å². The smallest absolute Gasteiger partial charge is 0.389 e. The first-order chi connectivity index (χ1) is 5.66. The molecule has 0 saturated heterocycles. The third kappa shape index (κ3) is 2.53. The van der Waals surface area contributed by atoms with Gasteiger partial charge in [0.05, 0.1) is 0 Å². The summed E-state index contributed by atoms with van der Waals surface area (Å²) >= 11 is 0. The molecule has 0 aromatic heterocycles. The summed E-state index contributed by atoms with van der Waals surface area (Å²) < 4.78 is 15.6. The van der Waals surface area contributed by atoms with Crippen LogP contribution in [0.3, 0.4) is 0 Å². The minimum atomic E-state index is -2.79. The second-order valence-corrected chi connectivity index (χ2v) is 5.35. The van der Waals surface area contributed by atoms with E-state index in [0.717, 1.165) is 0 Å². The van der Waals surface area contributed by atoms with Crippen molar-refractivity contribution in [2.75, 3.05) is 20.8 Å². The zero-order valence-corrected chi connectivity index (χ0v) is 9.16. The molecular formula is C7H18O4Si.